The van der Waals surface area contributed by atoms with Gasteiger partial charge in [0.15, 0.2) is 0 Å². The molecule has 1 heterocycles. The van der Waals surface area contributed by atoms with Gasteiger partial charge in [0.05, 0.1) is 6.04 Å². The minimum atomic E-state index is -0.372. The molecule has 3 heteroatoms. The van der Waals surface area contributed by atoms with Gasteiger partial charge in [0.1, 0.15) is 5.78 Å². The molecule has 0 saturated carbocycles. The van der Waals surface area contributed by atoms with E-state index in [1.54, 1.807) is 18.3 Å². The quantitative estimate of drug-likeness (QED) is 0.889. The van der Waals surface area contributed by atoms with Crippen LogP contribution in [0.2, 0.25) is 0 Å². The fourth-order valence-electron chi connectivity index (χ4n) is 1.57. The number of Topliss-reactive ketones (excluding diaryl/α,β-unsaturated/α-hetero) is 1. The van der Waals surface area contributed by atoms with Gasteiger partial charge in [0.25, 0.3) is 0 Å². The molecule has 1 atom stereocenters. The molecule has 19 heavy (non-hydrogen) atoms. The molecule has 0 radical (unpaired) electrons. The number of hydrogen-bond donors (Lipinski definition) is 1. The van der Waals surface area contributed by atoms with E-state index in [0.717, 1.165) is 0 Å². The molecular weight excluding hydrogens is 254 g/mol. The van der Waals surface area contributed by atoms with Gasteiger partial charge in [-0.25, -0.2) is 0 Å². The van der Waals surface area contributed by atoms with Crippen molar-refractivity contribution in [2.24, 2.45) is 5.73 Å². The van der Waals surface area contributed by atoms with Crippen molar-refractivity contribution in [3.63, 3.8) is 0 Å². The lowest BCUT2D eigenvalue weighted by atomic mass is 10.0. The third-order valence-corrected chi connectivity index (χ3v) is 3.54. The lowest BCUT2D eigenvalue weighted by Gasteiger charge is -2.06. The fourth-order valence-corrected chi connectivity index (χ4v) is 2.55. The lowest BCUT2D eigenvalue weighted by molar-refractivity contribution is -0.118. The Balaban J connectivity index is 0. The van der Waals surface area contributed by atoms with E-state index in [9.17, 15) is 4.79 Å². The molecule has 0 spiro atoms. The predicted molar refractivity (Wildman–Crippen MR) is 89.0 cm³/mol. The van der Waals surface area contributed by atoms with E-state index < -0.39 is 0 Å². The number of hydrogen-bond acceptors (Lipinski definition) is 3. The molecule has 0 aliphatic heterocycles. The molecule has 0 aliphatic carbocycles. The van der Waals surface area contributed by atoms with Crippen LogP contribution in [0.25, 0.3) is 10.1 Å². The van der Waals surface area contributed by atoms with Crippen molar-refractivity contribution in [1.82, 2.24) is 0 Å². The van der Waals surface area contributed by atoms with E-state index in [1.165, 1.54) is 15.6 Å². The number of ketones is 1. The lowest BCUT2D eigenvalue weighted by Crippen LogP contribution is -2.30. The van der Waals surface area contributed by atoms with Gasteiger partial charge in [-0.3, -0.25) is 4.79 Å². The fraction of sp³-hybridized carbons (Fsp3) is 0.438. The molecule has 108 valence electrons. The summed E-state index contributed by atoms with van der Waals surface area (Å²) in [4.78, 5) is 11.1. The molecule has 1 aromatic heterocycles. The first-order valence-corrected chi connectivity index (χ1v) is 7.77. The van der Waals surface area contributed by atoms with Crippen LogP contribution < -0.4 is 5.73 Å². The Morgan fingerprint density at radius 1 is 1.26 bits per heavy atom. The zero-order chi connectivity index (χ0) is 14.8. The minimum Gasteiger partial charge on any atom is -0.321 e. The molecule has 2 aromatic rings. The van der Waals surface area contributed by atoms with Gasteiger partial charge in [-0.2, -0.15) is 0 Å². The van der Waals surface area contributed by atoms with Gasteiger partial charge in [0, 0.05) is 6.13 Å². The summed E-state index contributed by atoms with van der Waals surface area (Å²) in [7, 11) is 0. The molecule has 0 aliphatic rings. The van der Waals surface area contributed by atoms with Gasteiger partial charge in [0.2, 0.25) is 0 Å². The van der Waals surface area contributed by atoms with Gasteiger partial charge >= 0.3 is 0 Å². The molecule has 2 rings (SSSR count). The first-order chi connectivity index (χ1) is 9.18. The van der Waals surface area contributed by atoms with Crippen LogP contribution in [0, 0.1) is 0 Å². The Bertz CT molecular complexity index is 496. The van der Waals surface area contributed by atoms with Crippen molar-refractivity contribution < 1.29 is 6.22 Å². The number of carbonyl (C=O) groups excluding carboxylic acids is 1. The van der Waals surface area contributed by atoms with E-state index in [1.807, 2.05) is 39.8 Å². The molecule has 0 bridgehead atoms. The summed E-state index contributed by atoms with van der Waals surface area (Å²) in [6.07, 6.45) is 0.638. The van der Waals surface area contributed by atoms with Crippen LogP contribution in [0.1, 0.15) is 41.6 Å². The number of nitrogens with two attached hydrogens (primary N) is 1. The van der Waals surface area contributed by atoms with Crippen LogP contribution in [0.3, 0.4) is 0 Å². The normalized spacial score (nSPS) is 10.8. The van der Waals surface area contributed by atoms with Crippen LogP contribution in [-0.2, 0) is 11.2 Å². The van der Waals surface area contributed by atoms with Gasteiger partial charge in [-0.15, -0.1) is 11.3 Å². The van der Waals surface area contributed by atoms with Crippen LogP contribution in [-0.4, -0.2) is 11.8 Å². The second kappa shape index (κ2) is 9.70. The van der Waals surface area contributed by atoms with E-state index in [0.29, 0.717) is 6.42 Å². The molecule has 0 amide bonds. The third-order valence-electron chi connectivity index (χ3n) is 2.52. The Hall–Kier alpha value is -1.19. The van der Waals surface area contributed by atoms with Gasteiger partial charge < -0.3 is 5.73 Å². The number of rotatable bonds is 3. The van der Waals surface area contributed by atoms with Crippen LogP contribution in [0.4, 0.5) is 0 Å². The van der Waals surface area contributed by atoms with Crippen molar-refractivity contribution in [3.8, 4) is 0 Å². The SMILES string of the molecule is CC.CC.CC(=O)[C@@H](N)Cc1csc2ccccc12.[HH]. The van der Waals surface area contributed by atoms with E-state index in [-0.39, 0.29) is 13.3 Å². The average molecular weight is 281 g/mol. The first-order valence-electron chi connectivity index (χ1n) is 6.89. The summed E-state index contributed by atoms with van der Waals surface area (Å²) in [5.41, 5.74) is 6.93. The highest BCUT2D eigenvalue weighted by Gasteiger charge is 2.11. The Morgan fingerprint density at radius 2 is 1.84 bits per heavy atom. The maximum atomic E-state index is 11.1. The van der Waals surface area contributed by atoms with Crippen LogP contribution in [0.15, 0.2) is 29.6 Å². The van der Waals surface area contributed by atoms with Crippen molar-refractivity contribution in [2.75, 3.05) is 0 Å². The molecule has 0 saturated heterocycles. The standard InChI is InChI=1S/C12H13NOS.2C2H6.H2/c1-8(14)11(13)6-9-7-15-12-5-3-2-4-10(9)12;2*1-2;/h2-5,7,11H,6,13H2,1H3;2*1-2H3;1H/t11-;;;/m0.../s1. The van der Waals surface area contributed by atoms with Gasteiger partial charge in [-0.1, -0.05) is 45.9 Å². The smallest absolute Gasteiger partial charge is 0.146 e. The topological polar surface area (TPSA) is 43.1 Å². The highest BCUT2D eigenvalue weighted by molar-refractivity contribution is 7.17. The Kier molecular flexibility index (Phi) is 9.09. The van der Waals surface area contributed by atoms with Crippen molar-refractivity contribution in [2.45, 2.75) is 47.1 Å². The molecular formula is C16H27NOS. The summed E-state index contributed by atoms with van der Waals surface area (Å²) in [5.74, 6) is 0.0466. The molecule has 2 nitrogen and oxygen atoms in total. The molecule has 0 fully saturated rings. The van der Waals surface area contributed by atoms with Crippen molar-refractivity contribution >= 4 is 27.2 Å². The number of benzene rings is 1. The predicted octanol–water partition coefficient (Wildman–Crippen LogP) is 4.66. The number of fused-ring (bicyclic) bond motifs is 1. The minimum absolute atomic E-state index is 0. The number of thiophene rings is 1. The largest absolute Gasteiger partial charge is 0.321 e. The summed E-state index contributed by atoms with van der Waals surface area (Å²) >= 11 is 1.70. The second-order valence-electron chi connectivity index (χ2n) is 3.68. The maximum Gasteiger partial charge on any atom is 0.146 e. The summed E-state index contributed by atoms with van der Waals surface area (Å²) in [5, 5.41) is 3.31. The van der Waals surface area contributed by atoms with E-state index >= 15 is 0 Å². The highest BCUT2D eigenvalue weighted by Crippen LogP contribution is 2.26. The zero-order valence-corrected chi connectivity index (χ0v) is 13.4. The van der Waals surface area contributed by atoms with Crippen molar-refractivity contribution in [1.29, 1.82) is 0 Å². The summed E-state index contributed by atoms with van der Waals surface area (Å²) < 4.78 is 1.25. The Labute approximate surface area is 122 Å². The van der Waals surface area contributed by atoms with E-state index in [2.05, 4.69) is 17.5 Å². The maximum absolute atomic E-state index is 11.1. The van der Waals surface area contributed by atoms with E-state index in [4.69, 9.17) is 5.73 Å². The number of carbonyl (C=O) groups is 1. The molecule has 0 unspecified atom stereocenters. The monoisotopic (exact) mass is 281 g/mol. The van der Waals surface area contributed by atoms with Gasteiger partial charge in [-0.05, 0) is 35.7 Å². The third kappa shape index (κ3) is 5.13. The summed E-state index contributed by atoms with van der Waals surface area (Å²) in [6, 6.07) is 7.82. The van der Waals surface area contributed by atoms with Crippen molar-refractivity contribution in [3.05, 3.63) is 35.2 Å². The molecule has 2 N–H and O–H groups in total. The summed E-state index contributed by atoms with van der Waals surface area (Å²) in [6.45, 7) is 9.54. The second-order valence-corrected chi connectivity index (χ2v) is 4.59. The molecule has 1 aromatic carbocycles. The van der Waals surface area contributed by atoms with Crippen LogP contribution in [0.5, 0.6) is 0 Å². The zero-order valence-electron chi connectivity index (χ0n) is 12.6. The Morgan fingerprint density at radius 3 is 2.42 bits per heavy atom. The first kappa shape index (κ1) is 17.8. The highest BCUT2D eigenvalue weighted by atomic mass is 32.1. The van der Waals surface area contributed by atoms with Crippen LogP contribution >= 0.6 is 11.3 Å². The average Bonchev–Trinajstić information content (AvgIpc) is 2.86.